The zero-order valence-corrected chi connectivity index (χ0v) is 10.4. The molecule has 0 fully saturated rings. The highest BCUT2D eigenvalue weighted by atomic mass is 16.4. The van der Waals surface area contributed by atoms with Crippen molar-refractivity contribution in [3.63, 3.8) is 0 Å². The normalized spacial score (nSPS) is 15.9. The van der Waals surface area contributed by atoms with E-state index in [1.54, 1.807) is 18.6 Å². The molecule has 0 aromatic carbocycles. The van der Waals surface area contributed by atoms with Crippen LogP contribution in [0.3, 0.4) is 0 Å². The lowest BCUT2D eigenvalue weighted by Gasteiger charge is -1.93. The first-order chi connectivity index (χ1) is 11.1. The standard InChI is InChI=1S/C15H11N4O/c1-18-14-11-7-16-6-4-9(11)8-19(14)12-10-3-2-5-17-13(10)20-15(12)18/h2-7H,8H2,1H3/q+1/i1D3. The van der Waals surface area contributed by atoms with Crippen molar-refractivity contribution < 1.29 is 13.1 Å². The van der Waals surface area contributed by atoms with Crippen LogP contribution in [-0.2, 0) is 13.5 Å². The molecule has 96 valence electrons. The van der Waals surface area contributed by atoms with E-state index in [9.17, 15) is 0 Å². The number of aryl methyl sites for hydroxylation is 1. The molecule has 0 N–H and O–H groups in total. The van der Waals surface area contributed by atoms with E-state index in [-0.39, 0.29) is 0 Å². The van der Waals surface area contributed by atoms with Crippen molar-refractivity contribution in [2.24, 2.45) is 6.98 Å². The lowest BCUT2D eigenvalue weighted by atomic mass is 10.2. The van der Waals surface area contributed by atoms with E-state index in [1.165, 1.54) is 4.57 Å². The molecule has 1 aliphatic rings. The molecular weight excluding hydrogens is 252 g/mol. The average molecular weight is 266 g/mol. The lowest BCUT2D eigenvalue weighted by molar-refractivity contribution is -0.640. The Morgan fingerprint density at radius 1 is 1.40 bits per heavy atom. The molecule has 4 aromatic rings. The van der Waals surface area contributed by atoms with Gasteiger partial charge in [0, 0.05) is 24.2 Å². The maximum absolute atomic E-state index is 7.94. The molecule has 0 saturated carbocycles. The van der Waals surface area contributed by atoms with Gasteiger partial charge in [0.15, 0.2) is 0 Å². The van der Waals surface area contributed by atoms with Gasteiger partial charge in [-0.25, -0.2) is 9.55 Å². The molecule has 0 radical (unpaired) electrons. The maximum Gasteiger partial charge on any atom is 0.340 e. The fourth-order valence-electron chi connectivity index (χ4n) is 3.00. The van der Waals surface area contributed by atoms with Crippen LogP contribution >= 0.6 is 0 Å². The van der Waals surface area contributed by atoms with Gasteiger partial charge in [-0.05, 0) is 18.2 Å². The van der Waals surface area contributed by atoms with Crippen molar-refractivity contribution in [1.29, 1.82) is 0 Å². The number of pyridine rings is 2. The Labute approximate surface area is 118 Å². The highest BCUT2D eigenvalue weighted by molar-refractivity contribution is 6.00. The van der Waals surface area contributed by atoms with Gasteiger partial charge in [0.25, 0.3) is 5.82 Å². The van der Waals surface area contributed by atoms with Crippen molar-refractivity contribution in [2.45, 2.75) is 6.54 Å². The number of hydrogen-bond acceptors (Lipinski definition) is 3. The molecule has 0 spiro atoms. The lowest BCUT2D eigenvalue weighted by Crippen LogP contribution is -2.29. The molecular formula is C15H11N4O+. The number of rotatable bonds is 0. The summed E-state index contributed by atoms with van der Waals surface area (Å²) in [7, 11) is 0. The van der Waals surface area contributed by atoms with E-state index < -0.39 is 6.98 Å². The number of fused-ring (bicyclic) bond motifs is 7. The fourth-order valence-corrected chi connectivity index (χ4v) is 3.00. The second-order valence-electron chi connectivity index (χ2n) is 4.89. The molecule has 5 rings (SSSR count). The number of imidazole rings is 1. The first-order valence-corrected chi connectivity index (χ1v) is 6.31. The summed E-state index contributed by atoms with van der Waals surface area (Å²) in [5.74, 6) is 0.604. The molecule has 0 unspecified atom stereocenters. The van der Waals surface area contributed by atoms with E-state index in [2.05, 4.69) is 9.97 Å². The van der Waals surface area contributed by atoms with E-state index in [4.69, 9.17) is 8.53 Å². The van der Waals surface area contributed by atoms with Crippen molar-refractivity contribution in [2.75, 3.05) is 0 Å². The average Bonchev–Trinajstić information content (AvgIpc) is 3.12. The van der Waals surface area contributed by atoms with Crippen LogP contribution in [-0.4, -0.2) is 14.5 Å². The predicted octanol–water partition coefficient (Wildman–Crippen LogP) is 2.03. The van der Waals surface area contributed by atoms with Crippen molar-refractivity contribution in [3.8, 4) is 11.4 Å². The molecule has 5 nitrogen and oxygen atoms in total. The zero-order valence-electron chi connectivity index (χ0n) is 13.4. The van der Waals surface area contributed by atoms with Gasteiger partial charge in [-0.3, -0.25) is 4.98 Å². The van der Waals surface area contributed by atoms with E-state index >= 15 is 0 Å². The Kier molecular flexibility index (Phi) is 1.27. The molecule has 5 heteroatoms. The predicted molar refractivity (Wildman–Crippen MR) is 73.0 cm³/mol. The Bertz CT molecular complexity index is 1090. The first kappa shape index (κ1) is 7.79. The molecule has 0 amide bonds. The fraction of sp³-hybridized carbons (Fsp3) is 0.133. The topological polar surface area (TPSA) is 47.7 Å². The van der Waals surface area contributed by atoms with Crippen LogP contribution in [0.1, 0.15) is 9.68 Å². The quantitative estimate of drug-likeness (QED) is 0.403. The molecule has 20 heavy (non-hydrogen) atoms. The second-order valence-corrected chi connectivity index (χ2v) is 4.89. The van der Waals surface area contributed by atoms with Crippen molar-refractivity contribution >= 4 is 22.3 Å². The highest BCUT2D eigenvalue weighted by Crippen LogP contribution is 2.36. The van der Waals surface area contributed by atoms with Gasteiger partial charge in [-0.15, -0.1) is 0 Å². The maximum atomic E-state index is 7.94. The summed E-state index contributed by atoms with van der Waals surface area (Å²) < 4.78 is 32.8. The number of furan rings is 1. The molecule has 0 aliphatic carbocycles. The summed E-state index contributed by atoms with van der Waals surface area (Å²) in [5, 5.41) is 0.813. The Morgan fingerprint density at radius 3 is 3.35 bits per heavy atom. The third-order valence-electron chi connectivity index (χ3n) is 3.84. The van der Waals surface area contributed by atoms with E-state index in [1.807, 2.05) is 22.8 Å². The summed E-state index contributed by atoms with van der Waals surface area (Å²) in [4.78, 5) is 8.34. The summed E-state index contributed by atoms with van der Waals surface area (Å²) in [6.07, 6.45) is 5.06. The number of nitrogens with zero attached hydrogens (tertiary/aromatic N) is 4. The highest BCUT2D eigenvalue weighted by Gasteiger charge is 2.36. The van der Waals surface area contributed by atoms with Crippen molar-refractivity contribution in [1.82, 2.24) is 14.5 Å². The van der Waals surface area contributed by atoms with Crippen LogP contribution in [0.25, 0.3) is 33.7 Å². The molecule has 0 atom stereocenters. The largest absolute Gasteiger partial charge is 0.400 e. The Morgan fingerprint density at radius 2 is 2.40 bits per heavy atom. The van der Waals surface area contributed by atoms with Crippen LogP contribution in [0.4, 0.5) is 0 Å². The number of aromatic nitrogens is 4. The van der Waals surface area contributed by atoms with Gasteiger partial charge < -0.3 is 4.42 Å². The van der Waals surface area contributed by atoms with Crippen molar-refractivity contribution in [3.05, 3.63) is 42.4 Å². The van der Waals surface area contributed by atoms with Gasteiger partial charge in [0.2, 0.25) is 11.2 Å². The SMILES string of the molecule is [2H]C([2H])([2H])[n+]1c2n(c3c4cccnc4oc31)Cc1ccncc1-2. The van der Waals surface area contributed by atoms with Crippen LogP contribution < -0.4 is 4.57 Å². The van der Waals surface area contributed by atoms with Gasteiger partial charge >= 0.3 is 5.71 Å². The third kappa shape index (κ3) is 1.02. The molecule has 0 bridgehead atoms. The Balaban J connectivity index is 2.01. The van der Waals surface area contributed by atoms with Gasteiger partial charge in [-0.2, -0.15) is 4.57 Å². The van der Waals surface area contributed by atoms with Crippen LogP contribution in [0, 0.1) is 0 Å². The van der Waals surface area contributed by atoms with Crippen LogP contribution in [0.15, 0.2) is 41.2 Å². The van der Waals surface area contributed by atoms with Gasteiger partial charge in [0.05, 0.1) is 22.0 Å². The molecule has 1 aliphatic heterocycles. The minimum Gasteiger partial charge on any atom is -0.400 e. The number of hydrogen-bond donors (Lipinski definition) is 0. The van der Waals surface area contributed by atoms with Crippen LogP contribution in [0.5, 0.6) is 0 Å². The van der Waals surface area contributed by atoms with E-state index in [0.717, 1.165) is 22.0 Å². The monoisotopic (exact) mass is 266 g/mol. The summed E-state index contributed by atoms with van der Waals surface area (Å²) in [5.41, 5.74) is 3.40. The smallest absolute Gasteiger partial charge is 0.340 e. The Hall–Kier alpha value is -2.69. The minimum atomic E-state index is -2.36. The van der Waals surface area contributed by atoms with Gasteiger partial charge in [-0.1, -0.05) is 0 Å². The summed E-state index contributed by atoms with van der Waals surface area (Å²) >= 11 is 0. The first-order valence-electron chi connectivity index (χ1n) is 7.81. The molecule has 4 aromatic heterocycles. The van der Waals surface area contributed by atoms with E-state index in [0.29, 0.717) is 23.8 Å². The van der Waals surface area contributed by atoms with Crippen LogP contribution in [0.2, 0.25) is 0 Å². The minimum absolute atomic E-state index is 0.322. The van der Waals surface area contributed by atoms with Gasteiger partial charge in [0.1, 0.15) is 6.54 Å². The molecule has 5 heterocycles. The molecule has 0 saturated heterocycles. The second kappa shape index (κ2) is 3.25. The third-order valence-corrected chi connectivity index (χ3v) is 3.84. The zero-order chi connectivity index (χ0) is 15.8. The summed E-state index contributed by atoms with van der Waals surface area (Å²) in [6.45, 7) is -1.76. The summed E-state index contributed by atoms with van der Waals surface area (Å²) in [6, 6.07) is 5.63.